The number of unbranched alkanes of at least 4 members (excludes halogenated alkanes) is 8. The quantitative estimate of drug-likeness (QED) is 0.276. The molecule has 0 radical (unpaired) electrons. The van der Waals surface area contributed by atoms with E-state index >= 15 is 0 Å². The SMILES string of the molecule is C=C(CCOCCCCCCCCCCCO)Cc1ccc(C)cc1C. The molecule has 0 aromatic heterocycles. The maximum absolute atomic E-state index is 8.73. The lowest BCUT2D eigenvalue weighted by Gasteiger charge is -2.10. The molecule has 0 bridgehead atoms. The zero-order chi connectivity index (χ0) is 19.0. The summed E-state index contributed by atoms with van der Waals surface area (Å²) < 4.78 is 5.78. The molecule has 0 fully saturated rings. The molecule has 0 atom stereocenters. The van der Waals surface area contributed by atoms with Crippen molar-refractivity contribution in [2.45, 2.75) is 84.5 Å². The van der Waals surface area contributed by atoms with Gasteiger partial charge in [-0.3, -0.25) is 0 Å². The van der Waals surface area contributed by atoms with Crippen molar-refractivity contribution in [2.75, 3.05) is 19.8 Å². The first kappa shape index (κ1) is 22.9. The lowest BCUT2D eigenvalue weighted by atomic mass is 9.98. The minimum Gasteiger partial charge on any atom is -0.396 e. The third-order valence-electron chi connectivity index (χ3n) is 4.99. The van der Waals surface area contributed by atoms with E-state index in [1.54, 1.807) is 0 Å². The highest BCUT2D eigenvalue weighted by molar-refractivity contribution is 5.32. The van der Waals surface area contributed by atoms with Crippen molar-refractivity contribution < 1.29 is 9.84 Å². The Morgan fingerprint density at radius 1 is 0.885 bits per heavy atom. The molecule has 148 valence electrons. The van der Waals surface area contributed by atoms with Crippen molar-refractivity contribution in [3.8, 4) is 0 Å². The Kier molecular flexibility index (Phi) is 13.2. The zero-order valence-electron chi connectivity index (χ0n) is 17.2. The van der Waals surface area contributed by atoms with Crippen molar-refractivity contribution >= 4 is 0 Å². The molecular formula is C24H40O2. The van der Waals surface area contributed by atoms with Crippen LogP contribution in [0.1, 0.15) is 80.9 Å². The molecule has 1 aromatic carbocycles. The van der Waals surface area contributed by atoms with Crippen LogP contribution < -0.4 is 0 Å². The lowest BCUT2D eigenvalue weighted by Crippen LogP contribution is -2.01. The number of hydrogen-bond donors (Lipinski definition) is 1. The molecule has 1 N–H and O–H groups in total. The molecule has 2 nitrogen and oxygen atoms in total. The number of hydrogen-bond acceptors (Lipinski definition) is 2. The minimum absolute atomic E-state index is 0.346. The number of benzene rings is 1. The van der Waals surface area contributed by atoms with Gasteiger partial charge in [0.15, 0.2) is 0 Å². The average Bonchev–Trinajstić information content (AvgIpc) is 2.61. The van der Waals surface area contributed by atoms with Crippen molar-refractivity contribution in [1.29, 1.82) is 0 Å². The summed E-state index contributed by atoms with van der Waals surface area (Å²) in [5, 5.41) is 8.73. The van der Waals surface area contributed by atoms with E-state index in [-0.39, 0.29) is 0 Å². The van der Waals surface area contributed by atoms with E-state index in [4.69, 9.17) is 9.84 Å². The normalized spacial score (nSPS) is 11.0. The van der Waals surface area contributed by atoms with Crippen molar-refractivity contribution in [3.05, 3.63) is 47.0 Å². The third-order valence-corrected chi connectivity index (χ3v) is 4.99. The van der Waals surface area contributed by atoms with Gasteiger partial charge in [0.2, 0.25) is 0 Å². The molecule has 0 saturated heterocycles. The van der Waals surface area contributed by atoms with Gasteiger partial charge in [0.25, 0.3) is 0 Å². The predicted molar refractivity (Wildman–Crippen MR) is 113 cm³/mol. The van der Waals surface area contributed by atoms with Gasteiger partial charge in [0, 0.05) is 13.2 Å². The fraction of sp³-hybridized carbons (Fsp3) is 0.667. The first-order valence-electron chi connectivity index (χ1n) is 10.5. The minimum atomic E-state index is 0.346. The van der Waals surface area contributed by atoms with Crippen LogP contribution in [0.3, 0.4) is 0 Å². The standard InChI is InChI=1S/C24H40O2/c1-21-13-14-24(23(3)19-21)20-22(2)15-18-26-17-12-10-8-6-4-5-7-9-11-16-25/h13-14,19,25H,2,4-12,15-18,20H2,1,3H3. The van der Waals surface area contributed by atoms with E-state index in [0.29, 0.717) is 6.61 Å². The van der Waals surface area contributed by atoms with Gasteiger partial charge >= 0.3 is 0 Å². The molecule has 0 heterocycles. The van der Waals surface area contributed by atoms with Crippen LogP contribution in [-0.4, -0.2) is 24.9 Å². The van der Waals surface area contributed by atoms with Gasteiger partial charge in [0.1, 0.15) is 0 Å². The molecule has 26 heavy (non-hydrogen) atoms. The second-order valence-electron chi connectivity index (χ2n) is 7.62. The monoisotopic (exact) mass is 360 g/mol. The Labute approximate surface area is 161 Å². The van der Waals surface area contributed by atoms with Crippen LogP contribution in [0.2, 0.25) is 0 Å². The van der Waals surface area contributed by atoms with Crippen LogP contribution in [-0.2, 0) is 11.2 Å². The number of aryl methyl sites for hydroxylation is 2. The predicted octanol–water partition coefficient (Wildman–Crippen LogP) is 6.31. The van der Waals surface area contributed by atoms with Crippen LogP contribution in [0.4, 0.5) is 0 Å². The fourth-order valence-electron chi connectivity index (χ4n) is 3.27. The molecule has 1 aromatic rings. The Balaban J connectivity index is 1.92. The Bertz CT molecular complexity index is 493. The van der Waals surface area contributed by atoms with Gasteiger partial charge in [-0.05, 0) is 50.7 Å². The molecule has 0 spiro atoms. The summed E-state index contributed by atoms with van der Waals surface area (Å²) in [6, 6.07) is 6.65. The Hall–Kier alpha value is -1.12. The summed E-state index contributed by atoms with van der Waals surface area (Å²) in [7, 11) is 0. The van der Waals surface area contributed by atoms with Gasteiger partial charge in [-0.1, -0.05) is 80.9 Å². The first-order valence-corrected chi connectivity index (χ1v) is 10.5. The van der Waals surface area contributed by atoms with E-state index in [1.165, 1.54) is 73.6 Å². The molecule has 0 aliphatic rings. The topological polar surface area (TPSA) is 29.5 Å². The van der Waals surface area contributed by atoms with E-state index in [0.717, 1.165) is 32.5 Å². The highest BCUT2D eigenvalue weighted by Gasteiger charge is 2.02. The van der Waals surface area contributed by atoms with Crippen LogP contribution in [0.25, 0.3) is 0 Å². The summed E-state index contributed by atoms with van der Waals surface area (Å²) >= 11 is 0. The largest absolute Gasteiger partial charge is 0.396 e. The first-order chi connectivity index (χ1) is 12.6. The van der Waals surface area contributed by atoms with Crippen LogP contribution in [0.15, 0.2) is 30.4 Å². The second kappa shape index (κ2) is 15.0. The van der Waals surface area contributed by atoms with Crippen LogP contribution in [0.5, 0.6) is 0 Å². The van der Waals surface area contributed by atoms with Gasteiger partial charge in [-0.25, -0.2) is 0 Å². The smallest absolute Gasteiger partial charge is 0.0503 e. The van der Waals surface area contributed by atoms with Crippen LogP contribution in [0, 0.1) is 13.8 Å². The molecule has 1 rings (SSSR count). The average molecular weight is 361 g/mol. The maximum Gasteiger partial charge on any atom is 0.0503 e. The Morgan fingerprint density at radius 3 is 2.12 bits per heavy atom. The van der Waals surface area contributed by atoms with E-state index in [2.05, 4.69) is 38.6 Å². The third kappa shape index (κ3) is 11.5. The van der Waals surface area contributed by atoms with Gasteiger partial charge < -0.3 is 9.84 Å². The van der Waals surface area contributed by atoms with Crippen molar-refractivity contribution in [3.63, 3.8) is 0 Å². The molecule has 0 unspecified atom stereocenters. The molecule has 0 amide bonds. The number of ether oxygens (including phenoxy) is 1. The molecule has 0 aliphatic carbocycles. The zero-order valence-corrected chi connectivity index (χ0v) is 17.2. The number of aliphatic hydroxyl groups is 1. The number of aliphatic hydroxyl groups excluding tert-OH is 1. The number of rotatable bonds is 16. The van der Waals surface area contributed by atoms with Crippen molar-refractivity contribution in [2.24, 2.45) is 0 Å². The second-order valence-corrected chi connectivity index (χ2v) is 7.62. The van der Waals surface area contributed by atoms with E-state index in [9.17, 15) is 0 Å². The van der Waals surface area contributed by atoms with Crippen LogP contribution >= 0.6 is 0 Å². The highest BCUT2D eigenvalue weighted by Crippen LogP contribution is 2.16. The molecule has 0 saturated carbocycles. The summed E-state index contributed by atoms with van der Waals surface area (Å²) in [4.78, 5) is 0. The maximum atomic E-state index is 8.73. The fourth-order valence-corrected chi connectivity index (χ4v) is 3.27. The molecular weight excluding hydrogens is 320 g/mol. The van der Waals surface area contributed by atoms with E-state index in [1.807, 2.05) is 0 Å². The Morgan fingerprint density at radius 2 is 1.50 bits per heavy atom. The van der Waals surface area contributed by atoms with E-state index < -0.39 is 0 Å². The summed E-state index contributed by atoms with van der Waals surface area (Å²) in [6.45, 7) is 10.6. The molecule has 0 aliphatic heterocycles. The summed E-state index contributed by atoms with van der Waals surface area (Å²) in [6.07, 6.45) is 13.1. The summed E-state index contributed by atoms with van der Waals surface area (Å²) in [5.41, 5.74) is 5.33. The molecule has 2 heteroatoms. The van der Waals surface area contributed by atoms with Gasteiger partial charge in [0.05, 0.1) is 6.61 Å². The summed E-state index contributed by atoms with van der Waals surface area (Å²) in [5.74, 6) is 0. The van der Waals surface area contributed by atoms with Gasteiger partial charge in [-0.15, -0.1) is 0 Å². The highest BCUT2D eigenvalue weighted by atomic mass is 16.5. The lowest BCUT2D eigenvalue weighted by molar-refractivity contribution is 0.132. The van der Waals surface area contributed by atoms with Gasteiger partial charge in [-0.2, -0.15) is 0 Å². The van der Waals surface area contributed by atoms with Crippen molar-refractivity contribution in [1.82, 2.24) is 0 Å².